The molecule has 1 amide bonds. The molecule has 0 saturated heterocycles. The van der Waals surface area contributed by atoms with E-state index in [9.17, 15) is 9.18 Å². The number of nitrogens with one attached hydrogen (secondary N) is 2. The van der Waals surface area contributed by atoms with Crippen LogP contribution in [0.25, 0.3) is 0 Å². The zero-order valence-electron chi connectivity index (χ0n) is 10.9. The van der Waals surface area contributed by atoms with Crippen molar-refractivity contribution in [2.45, 2.75) is 6.54 Å². The quantitative estimate of drug-likeness (QED) is 0.856. The third-order valence-electron chi connectivity index (χ3n) is 2.42. The van der Waals surface area contributed by atoms with Gasteiger partial charge in [-0.15, -0.1) is 11.3 Å². The van der Waals surface area contributed by atoms with E-state index in [0.717, 1.165) is 10.8 Å². The van der Waals surface area contributed by atoms with Crippen molar-refractivity contribution in [3.8, 4) is 5.75 Å². The van der Waals surface area contributed by atoms with E-state index >= 15 is 0 Å². The summed E-state index contributed by atoms with van der Waals surface area (Å²) in [6.07, 6.45) is 0. The molecular formula is C13H14FN3O2S. The van der Waals surface area contributed by atoms with E-state index in [1.165, 1.54) is 35.6 Å². The molecule has 0 saturated carbocycles. The number of carbonyl (C=O) groups is 1. The highest BCUT2D eigenvalue weighted by Gasteiger charge is 2.05. The predicted molar refractivity (Wildman–Crippen MR) is 75.4 cm³/mol. The Morgan fingerprint density at radius 3 is 2.80 bits per heavy atom. The number of amides is 1. The van der Waals surface area contributed by atoms with E-state index in [0.29, 0.717) is 12.3 Å². The number of nitrogens with zero attached hydrogens (tertiary/aromatic N) is 1. The highest BCUT2D eigenvalue weighted by atomic mass is 32.1. The average molecular weight is 295 g/mol. The highest BCUT2D eigenvalue weighted by molar-refractivity contribution is 7.13. The van der Waals surface area contributed by atoms with Crippen LogP contribution in [0.2, 0.25) is 0 Å². The molecule has 5 nitrogen and oxygen atoms in total. The van der Waals surface area contributed by atoms with Gasteiger partial charge in [0.1, 0.15) is 11.6 Å². The SMILES string of the molecule is CNc1nc(CNC(=O)COc2ccc(F)cc2)cs1. The van der Waals surface area contributed by atoms with Crippen LogP contribution in [-0.2, 0) is 11.3 Å². The van der Waals surface area contributed by atoms with Crippen LogP contribution in [-0.4, -0.2) is 24.5 Å². The Balaban J connectivity index is 1.74. The fraction of sp³-hybridized carbons (Fsp3) is 0.231. The first-order valence-electron chi connectivity index (χ1n) is 5.94. The van der Waals surface area contributed by atoms with Crippen molar-refractivity contribution in [2.75, 3.05) is 19.0 Å². The van der Waals surface area contributed by atoms with Crippen LogP contribution in [0.1, 0.15) is 5.69 Å². The highest BCUT2D eigenvalue weighted by Crippen LogP contribution is 2.14. The Kier molecular flexibility index (Phi) is 4.89. The van der Waals surface area contributed by atoms with Crippen molar-refractivity contribution in [1.29, 1.82) is 0 Å². The monoisotopic (exact) mass is 295 g/mol. The van der Waals surface area contributed by atoms with Crippen LogP contribution in [0.3, 0.4) is 0 Å². The van der Waals surface area contributed by atoms with Gasteiger partial charge in [0.25, 0.3) is 5.91 Å². The number of ether oxygens (including phenoxy) is 1. The van der Waals surface area contributed by atoms with Crippen LogP contribution in [0, 0.1) is 5.82 Å². The zero-order valence-corrected chi connectivity index (χ0v) is 11.7. The molecule has 2 rings (SSSR count). The summed E-state index contributed by atoms with van der Waals surface area (Å²) in [6, 6.07) is 5.51. The number of rotatable bonds is 6. The van der Waals surface area contributed by atoms with Gasteiger partial charge in [0.2, 0.25) is 0 Å². The molecule has 0 aliphatic rings. The van der Waals surface area contributed by atoms with Crippen molar-refractivity contribution in [1.82, 2.24) is 10.3 Å². The van der Waals surface area contributed by atoms with E-state index in [-0.39, 0.29) is 18.3 Å². The van der Waals surface area contributed by atoms with Crippen molar-refractivity contribution in [3.63, 3.8) is 0 Å². The minimum Gasteiger partial charge on any atom is -0.484 e. The summed E-state index contributed by atoms with van der Waals surface area (Å²) < 4.78 is 17.9. The molecule has 0 atom stereocenters. The van der Waals surface area contributed by atoms with Crippen molar-refractivity contribution in [3.05, 3.63) is 41.2 Å². The second-order valence-electron chi connectivity index (χ2n) is 3.91. The molecular weight excluding hydrogens is 281 g/mol. The second-order valence-corrected chi connectivity index (χ2v) is 4.77. The predicted octanol–water partition coefficient (Wildman–Crippen LogP) is 2.02. The molecule has 0 spiro atoms. The molecule has 1 aromatic heterocycles. The van der Waals surface area contributed by atoms with Gasteiger partial charge in [0.05, 0.1) is 12.2 Å². The molecule has 0 bridgehead atoms. The number of anilines is 1. The van der Waals surface area contributed by atoms with Crippen molar-refractivity contribution >= 4 is 22.4 Å². The van der Waals surface area contributed by atoms with Crippen LogP contribution in [0.4, 0.5) is 9.52 Å². The molecule has 2 aromatic rings. The summed E-state index contributed by atoms with van der Waals surface area (Å²) in [7, 11) is 1.79. The van der Waals surface area contributed by atoms with Gasteiger partial charge >= 0.3 is 0 Å². The first-order chi connectivity index (χ1) is 9.67. The van der Waals surface area contributed by atoms with E-state index in [1.54, 1.807) is 7.05 Å². The van der Waals surface area contributed by atoms with E-state index in [4.69, 9.17) is 4.74 Å². The number of halogens is 1. The Morgan fingerprint density at radius 1 is 1.40 bits per heavy atom. The van der Waals surface area contributed by atoms with Crippen LogP contribution in [0.15, 0.2) is 29.6 Å². The normalized spacial score (nSPS) is 10.1. The topological polar surface area (TPSA) is 63.2 Å². The maximum absolute atomic E-state index is 12.7. The van der Waals surface area contributed by atoms with Crippen molar-refractivity contribution < 1.29 is 13.9 Å². The summed E-state index contributed by atoms with van der Waals surface area (Å²) in [5.74, 6) is -0.147. The number of hydrogen-bond acceptors (Lipinski definition) is 5. The molecule has 0 unspecified atom stereocenters. The van der Waals surface area contributed by atoms with Gasteiger partial charge < -0.3 is 15.4 Å². The van der Waals surface area contributed by atoms with Crippen LogP contribution in [0.5, 0.6) is 5.75 Å². The number of aromatic nitrogens is 1. The van der Waals surface area contributed by atoms with Gasteiger partial charge in [-0.05, 0) is 24.3 Å². The minimum absolute atomic E-state index is 0.116. The Labute approximate surface area is 119 Å². The largest absolute Gasteiger partial charge is 0.484 e. The third-order valence-corrected chi connectivity index (χ3v) is 3.32. The molecule has 0 aliphatic heterocycles. The third kappa shape index (κ3) is 4.20. The maximum Gasteiger partial charge on any atom is 0.258 e. The minimum atomic E-state index is -0.342. The molecule has 2 N–H and O–H groups in total. The number of carbonyl (C=O) groups excluding carboxylic acids is 1. The molecule has 7 heteroatoms. The van der Waals surface area contributed by atoms with E-state index in [1.807, 2.05) is 5.38 Å². The van der Waals surface area contributed by atoms with Gasteiger partial charge in [-0.1, -0.05) is 0 Å². The standard InChI is InChI=1S/C13H14FN3O2S/c1-15-13-17-10(8-20-13)6-16-12(18)7-19-11-4-2-9(14)3-5-11/h2-5,8H,6-7H2,1H3,(H,15,17)(H,16,18). The summed E-state index contributed by atoms with van der Waals surface area (Å²) in [5, 5.41) is 8.29. The number of hydrogen-bond donors (Lipinski definition) is 2. The summed E-state index contributed by atoms with van der Waals surface area (Å²) in [4.78, 5) is 15.8. The lowest BCUT2D eigenvalue weighted by atomic mass is 10.3. The summed E-state index contributed by atoms with van der Waals surface area (Å²) in [6.45, 7) is 0.235. The molecule has 1 aromatic carbocycles. The van der Waals surface area contributed by atoms with E-state index < -0.39 is 0 Å². The van der Waals surface area contributed by atoms with Crippen LogP contribution >= 0.6 is 11.3 Å². The lowest BCUT2D eigenvalue weighted by Gasteiger charge is -2.06. The first kappa shape index (κ1) is 14.3. The number of benzene rings is 1. The average Bonchev–Trinajstić information content (AvgIpc) is 2.92. The molecule has 0 radical (unpaired) electrons. The lowest BCUT2D eigenvalue weighted by Crippen LogP contribution is -2.28. The van der Waals surface area contributed by atoms with Crippen LogP contribution < -0.4 is 15.4 Å². The van der Waals surface area contributed by atoms with Gasteiger partial charge in [0.15, 0.2) is 11.7 Å². The van der Waals surface area contributed by atoms with Gasteiger partial charge in [-0.3, -0.25) is 4.79 Å². The first-order valence-corrected chi connectivity index (χ1v) is 6.82. The van der Waals surface area contributed by atoms with Crippen molar-refractivity contribution in [2.24, 2.45) is 0 Å². The number of thiazole rings is 1. The molecule has 0 fully saturated rings. The summed E-state index contributed by atoms with van der Waals surface area (Å²) >= 11 is 1.47. The van der Waals surface area contributed by atoms with Gasteiger partial charge in [0, 0.05) is 12.4 Å². The Bertz CT molecular complexity index is 571. The smallest absolute Gasteiger partial charge is 0.258 e. The summed E-state index contributed by atoms with van der Waals surface area (Å²) in [5.41, 5.74) is 0.787. The second kappa shape index (κ2) is 6.85. The molecule has 106 valence electrons. The maximum atomic E-state index is 12.7. The molecule has 0 aliphatic carbocycles. The van der Waals surface area contributed by atoms with Gasteiger partial charge in [-0.25, -0.2) is 9.37 Å². The van der Waals surface area contributed by atoms with E-state index in [2.05, 4.69) is 15.6 Å². The molecule has 1 heterocycles. The Hall–Kier alpha value is -2.15. The Morgan fingerprint density at radius 2 is 2.15 bits per heavy atom. The molecule has 20 heavy (non-hydrogen) atoms. The van der Waals surface area contributed by atoms with Gasteiger partial charge in [-0.2, -0.15) is 0 Å². The lowest BCUT2D eigenvalue weighted by molar-refractivity contribution is -0.123. The fourth-order valence-corrected chi connectivity index (χ4v) is 2.09. The zero-order chi connectivity index (χ0) is 14.4. The fourth-order valence-electron chi connectivity index (χ4n) is 1.42.